The van der Waals surface area contributed by atoms with Gasteiger partial charge in [-0.05, 0) is 77.2 Å². The molecule has 5 heteroatoms. The van der Waals surface area contributed by atoms with E-state index < -0.39 is 0 Å². The SMILES string of the molecule is Cc1ccc(NC(=O)Cc2ccsc2)cc1-c1ccc2c(C)noc2c1. The molecular weight excluding hydrogens is 344 g/mol. The first-order valence-electron chi connectivity index (χ1n) is 8.38. The number of carbonyl (C=O) groups excluding carboxylic acids is 1. The number of hydrogen-bond acceptors (Lipinski definition) is 4. The van der Waals surface area contributed by atoms with E-state index in [9.17, 15) is 4.79 Å². The van der Waals surface area contributed by atoms with Gasteiger partial charge in [0.05, 0.1) is 12.1 Å². The molecule has 2 heterocycles. The number of thiophene rings is 1. The largest absolute Gasteiger partial charge is 0.356 e. The number of benzene rings is 2. The van der Waals surface area contributed by atoms with Crippen LogP contribution < -0.4 is 5.32 Å². The lowest BCUT2D eigenvalue weighted by Gasteiger charge is -2.10. The molecule has 0 radical (unpaired) electrons. The fraction of sp³-hybridized carbons (Fsp3) is 0.143. The molecule has 4 aromatic rings. The average Bonchev–Trinajstić information content (AvgIpc) is 3.26. The number of anilines is 1. The zero-order valence-electron chi connectivity index (χ0n) is 14.6. The Morgan fingerprint density at radius 3 is 2.85 bits per heavy atom. The summed E-state index contributed by atoms with van der Waals surface area (Å²) >= 11 is 1.60. The van der Waals surface area contributed by atoms with Crippen LogP contribution >= 0.6 is 11.3 Å². The minimum Gasteiger partial charge on any atom is -0.356 e. The van der Waals surface area contributed by atoms with Crippen molar-refractivity contribution in [1.82, 2.24) is 5.16 Å². The Labute approximate surface area is 155 Å². The molecule has 1 N–H and O–H groups in total. The van der Waals surface area contributed by atoms with E-state index in [0.29, 0.717) is 6.42 Å². The lowest BCUT2D eigenvalue weighted by atomic mass is 9.98. The molecule has 4 nitrogen and oxygen atoms in total. The van der Waals surface area contributed by atoms with Crippen LogP contribution in [0, 0.1) is 13.8 Å². The minimum absolute atomic E-state index is 0.0143. The van der Waals surface area contributed by atoms with E-state index in [0.717, 1.165) is 44.6 Å². The Morgan fingerprint density at radius 2 is 2.04 bits per heavy atom. The summed E-state index contributed by atoms with van der Waals surface area (Å²) in [4.78, 5) is 12.3. The van der Waals surface area contributed by atoms with Crippen LogP contribution in [-0.4, -0.2) is 11.1 Å². The van der Waals surface area contributed by atoms with Gasteiger partial charge in [0.2, 0.25) is 5.91 Å². The second-order valence-electron chi connectivity index (χ2n) is 6.37. The molecule has 0 aliphatic rings. The smallest absolute Gasteiger partial charge is 0.228 e. The maximum atomic E-state index is 12.3. The molecule has 0 bridgehead atoms. The first kappa shape index (κ1) is 16.5. The van der Waals surface area contributed by atoms with Crippen LogP contribution in [-0.2, 0) is 11.2 Å². The molecular formula is C21H18N2O2S. The minimum atomic E-state index is -0.0143. The number of aryl methyl sites for hydroxylation is 2. The highest BCUT2D eigenvalue weighted by Gasteiger charge is 2.10. The summed E-state index contributed by atoms with van der Waals surface area (Å²) in [6.45, 7) is 3.99. The van der Waals surface area contributed by atoms with Crippen LogP contribution in [0.4, 0.5) is 5.69 Å². The highest BCUT2D eigenvalue weighted by molar-refractivity contribution is 7.08. The third kappa shape index (κ3) is 3.26. The van der Waals surface area contributed by atoms with E-state index in [1.165, 1.54) is 0 Å². The summed E-state index contributed by atoms with van der Waals surface area (Å²) in [6, 6.07) is 14.0. The Balaban J connectivity index is 1.61. The first-order chi connectivity index (χ1) is 12.6. The molecule has 130 valence electrons. The quantitative estimate of drug-likeness (QED) is 0.532. The summed E-state index contributed by atoms with van der Waals surface area (Å²) in [6.07, 6.45) is 0.385. The van der Waals surface area contributed by atoms with E-state index in [-0.39, 0.29) is 5.91 Å². The molecule has 0 fully saturated rings. The molecule has 4 rings (SSSR count). The number of carbonyl (C=O) groups is 1. The van der Waals surface area contributed by atoms with Crippen LogP contribution in [0.2, 0.25) is 0 Å². The number of nitrogens with one attached hydrogen (secondary N) is 1. The molecule has 1 amide bonds. The lowest BCUT2D eigenvalue weighted by Crippen LogP contribution is -2.14. The van der Waals surface area contributed by atoms with E-state index >= 15 is 0 Å². The van der Waals surface area contributed by atoms with Crippen molar-refractivity contribution in [1.29, 1.82) is 0 Å². The van der Waals surface area contributed by atoms with Crippen LogP contribution in [0.5, 0.6) is 0 Å². The molecule has 0 atom stereocenters. The molecule has 0 aliphatic carbocycles. The Hall–Kier alpha value is -2.92. The average molecular weight is 362 g/mol. The first-order valence-corrected chi connectivity index (χ1v) is 9.32. The summed E-state index contributed by atoms with van der Waals surface area (Å²) in [5.74, 6) is -0.0143. The molecule has 2 aromatic carbocycles. The summed E-state index contributed by atoms with van der Waals surface area (Å²) in [5.41, 5.74) is 6.72. The number of rotatable bonds is 4. The van der Waals surface area contributed by atoms with E-state index in [1.807, 2.05) is 54.1 Å². The number of fused-ring (bicyclic) bond motifs is 1. The van der Waals surface area contributed by atoms with Gasteiger partial charge < -0.3 is 9.84 Å². The molecule has 2 aromatic heterocycles. The number of amides is 1. The third-order valence-corrected chi connectivity index (χ3v) is 5.16. The van der Waals surface area contributed by atoms with Gasteiger partial charge in [0.25, 0.3) is 0 Å². The third-order valence-electron chi connectivity index (χ3n) is 4.43. The second-order valence-corrected chi connectivity index (χ2v) is 7.15. The number of nitrogens with zero attached hydrogens (tertiary/aromatic N) is 1. The van der Waals surface area contributed by atoms with Crippen molar-refractivity contribution in [3.05, 3.63) is 70.0 Å². The maximum Gasteiger partial charge on any atom is 0.228 e. The zero-order chi connectivity index (χ0) is 18.1. The van der Waals surface area contributed by atoms with Gasteiger partial charge in [-0.15, -0.1) is 0 Å². The van der Waals surface area contributed by atoms with Crippen LogP contribution in [0.1, 0.15) is 16.8 Å². The topological polar surface area (TPSA) is 55.1 Å². The van der Waals surface area contributed by atoms with Gasteiger partial charge in [-0.1, -0.05) is 17.3 Å². The van der Waals surface area contributed by atoms with Gasteiger partial charge in [-0.25, -0.2) is 0 Å². The van der Waals surface area contributed by atoms with E-state index in [2.05, 4.69) is 23.5 Å². The lowest BCUT2D eigenvalue weighted by molar-refractivity contribution is -0.115. The molecule has 0 saturated heterocycles. The van der Waals surface area contributed by atoms with Crippen molar-refractivity contribution < 1.29 is 9.32 Å². The van der Waals surface area contributed by atoms with Gasteiger partial charge in [0.1, 0.15) is 0 Å². The maximum absolute atomic E-state index is 12.3. The van der Waals surface area contributed by atoms with Crippen LogP contribution in [0.3, 0.4) is 0 Å². The van der Waals surface area contributed by atoms with Gasteiger partial charge >= 0.3 is 0 Å². The summed E-state index contributed by atoms with van der Waals surface area (Å²) in [5, 5.41) is 12.0. The normalized spacial score (nSPS) is 11.0. The highest BCUT2D eigenvalue weighted by Crippen LogP contribution is 2.30. The van der Waals surface area contributed by atoms with Crippen molar-refractivity contribution in [3.63, 3.8) is 0 Å². The van der Waals surface area contributed by atoms with E-state index in [4.69, 9.17) is 4.52 Å². The highest BCUT2D eigenvalue weighted by atomic mass is 32.1. The molecule has 0 aliphatic heterocycles. The van der Waals surface area contributed by atoms with Crippen molar-refractivity contribution >= 4 is 33.9 Å². The monoisotopic (exact) mass is 362 g/mol. The fourth-order valence-electron chi connectivity index (χ4n) is 3.03. The molecule has 0 spiro atoms. The van der Waals surface area contributed by atoms with Crippen molar-refractivity contribution in [3.8, 4) is 11.1 Å². The van der Waals surface area contributed by atoms with Gasteiger partial charge in [-0.3, -0.25) is 4.79 Å². The van der Waals surface area contributed by atoms with Gasteiger partial charge in [0, 0.05) is 11.1 Å². The Bertz CT molecular complexity index is 1080. The van der Waals surface area contributed by atoms with Crippen molar-refractivity contribution in [2.24, 2.45) is 0 Å². The van der Waals surface area contributed by atoms with Crippen LogP contribution in [0.25, 0.3) is 22.1 Å². The molecule has 0 saturated carbocycles. The second kappa shape index (κ2) is 6.77. The zero-order valence-corrected chi connectivity index (χ0v) is 15.4. The van der Waals surface area contributed by atoms with Crippen LogP contribution in [0.15, 0.2) is 57.7 Å². The fourth-order valence-corrected chi connectivity index (χ4v) is 3.69. The van der Waals surface area contributed by atoms with Gasteiger partial charge in [-0.2, -0.15) is 11.3 Å². The molecule has 26 heavy (non-hydrogen) atoms. The summed E-state index contributed by atoms with van der Waals surface area (Å²) in [7, 11) is 0. The summed E-state index contributed by atoms with van der Waals surface area (Å²) < 4.78 is 5.39. The predicted molar refractivity (Wildman–Crippen MR) is 106 cm³/mol. The Morgan fingerprint density at radius 1 is 1.15 bits per heavy atom. The van der Waals surface area contributed by atoms with Crippen molar-refractivity contribution in [2.45, 2.75) is 20.3 Å². The number of aromatic nitrogens is 1. The van der Waals surface area contributed by atoms with E-state index in [1.54, 1.807) is 11.3 Å². The predicted octanol–water partition coefficient (Wildman–Crippen LogP) is 5.35. The molecule has 0 unspecified atom stereocenters. The standard InChI is InChI=1S/C21H18N2O2S/c1-13-3-5-17(22-21(24)9-15-7-8-26-12-15)11-19(13)16-4-6-18-14(2)23-25-20(18)10-16/h3-8,10-12H,9H2,1-2H3,(H,22,24). The Kier molecular flexibility index (Phi) is 4.31. The number of hydrogen-bond donors (Lipinski definition) is 1. The van der Waals surface area contributed by atoms with Crippen molar-refractivity contribution in [2.75, 3.05) is 5.32 Å². The van der Waals surface area contributed by atoms with Gasteiger partial charge in [0.15, 0.2) is 5.58 Å².